The third-order valence-electron chi connectivity index (χ3n) is 4.58. The van der Waals surface area contributed by atoms with Crippen molar-refractivity contribution in [2.24, 2.45) is 17.7 Å². The number of hydrazine groups is 1. The first-order valence-electron chi connectivity index (χ1n) is 7.37. The zero-order chi connectivity index (χ0) is 12.1. The first kappa shape index (κ1) is 13.3. The molecule has 0 spiro atoms. The zero-order valence-electron chi connectivity index (χ0n) is 11.2. The molecule has 0 aromatic carbocycles. The van der Waals surface area contributed by atoms with Crippen LogP contribution in [0.15, 0.2) is 0 Å². The van der Waals surface area contributed by atoms with Gasteiger partial charge >= 0.3 is 0 Å². The molecule has 0 aromatic heterocycles. The fourth-order valence-electron chi connectivity index (χ4n) is 3.51. The monoisotopic (exact) mass is 240 g/mol. The molecule has 100 valence electrons. The van der Waals surface area contributed by atoms with Crippen LogP contribution in [0.4, 0.5) is 0 Å². The molecule has 1 aliphatic heterocycles. The first-order chi connectivity index (χ1) is 8.29. The molecule has 1 saturated carbocycles. The van der Waals surface area contributed by atoms with E-state index in [9.17, 15) is 0 Å². The van der Waals surface area contributed by atoms with E-state index >= 15 is 0 Å². The van der Waals surface area contributed by atoms with Gasteiger partial charge in [-0.1, -0.05) is 13.3 Å². The van der Waals surface area contributed by atoms with Crippen LogP contribution in [-0.4, -0.2) is 18.8 Å². The van der Waals surface area contributed by atoms with E-state index in [4.69, 9.17) is 10.6 Å². The predicted molar refractivity (Wildman–Crippen MR) is 70.4 cm³/mol. The molecule has 0 radical (unpaired) electrons. The van der Waals surface area contributed by atoms with Gasteiger partial charge in [0.25, 0.3) is 0 Å². The van der Waals surface area contributed by atoms with Crippen LogP contribution in [0, 0.1) is 11.8 Å². The van der Waals surface area contributed by atoms with E-state index in [0.29, 0.717) is 12.1 Å². The van der Waals surface area contributed by atoms with E-state index in [0.717, 1.165) is 18.4 Å². The lowest BCUT2D eigenvalue weighted by molar-refractivity contribution is 0.100. The molecular formula is C14H28N2O. The van der Waals surface area contributed by atoms with Crippen molar-refractivity contribution in [1.82, 2.24) is 5.43 Å². The fourth-order valence-corrected chi connectivity index (χ4v) is 3.51. The Bertz CT molecular complexity index is 216. The van der Waals surface area contributed by atoms with Gasteiger partial charge in [0.1, 0.15) is 0 Å². The van der Waals surface area contributed by atoms with E-state index in [1.807, 2.05) is 0 Å². The molecule has 2 fully saturated rings. The summed E-state index contributed by atoms with van der Waals surface area (Å²) in [4.78, 5) is 0. The van der Waals surface area contributed by atoms with Crippen molar-refractivity contribution in [3.63, 3.8) is 0 Å². The Labute approximate surface area is 105 Å². The zero-order valence-corrected chi connectivity index (χ0v) is 11.2. The highest BCUT2D eigenvalue weighted by atomic mass is 16.5. The maximum atomic E-state index is 5.71. The second-order valence-electron chi connectivity index (χ2n) is 6.02. The molecule has 0 amide bonds. The normalized spacial score (nSPS) is 35.3. The van der Waals surface area contributed by atoms with Crippen molar-refractivity contribution in [1.29, 1.82) is 0 Å². The third-order valence-corrected chi connectivity index (χ3v) is 4.58. The van der Waals surface area contributed by atoms with E-state index in [1.165, 1.54) is 51.4 Å². The highest BCUT2D eigenvalue weighted by molar-refractivity contribution is 4.82. The molecule has 4 atom stereocenters. The van der Waals surface area contributed by atoms with Gasteiger partial charge in [-0.25, -0.2) is 0 Å². The minimum absolute atomic E-state index is 0.529. The number of nitrogens with two attached hydrogens (primary N) is 1. The van der Waals surface area contributed by atoms with Gasteiger partial charge < -0.3 is 4.74 Å². The Morgan fingerprint density at radius 3 is 2.82 bits per heavy atom. The molecule has 1 heterocycles. The second kappa shape index (κ2) is 6.72. The van der Waals surface area contributed by atoms with E-state index in [2.05, 4.69) is 12.3 Å². The van der Waals surface area contributed by atoms with Gasteiger partial charge in [-0.15, -0.1) is 0 Å². The topological polar surface area (TPSA) is 47.3 Å². The van der Waals surface area contributed by atoms with Crippen molar-refractivity contribution in [2.45, 2.75) is 70.4 Å². The van der Waals surface area contributed by atoms with Crippen molar-refractivity contribution in [3.8, 4) is 0 Å². The summed E-state index contributed by atoms with van der Waals surface area (Å²) in [5.74, 6) is 7.41. The molecular weight excluding hydrogens is 212 g/mol. The summed E-state index contributed by atoms with van der Waals surface area (Å²) < 4.78 is 5.66. The number of rotatable bonds is 6. The van der Waals surface area contributed by atoms with E-state index < -0.39 is 0 Å². The molecule has 3 N–H and O–H groups in total. The van der Waals surface area contributed by atoms with Gasteiger partial charge in [0.05, 0.1) is 6.10 Å². The Balaban J connectivity index is 1.64. The van der Waals surface area contributed by atoms with Crippen molar-refractivity contribution in [3.05, 3.63) is 0 Å². The second-order valence-corrected chi connectivity index (χ2v) is 6.02. The molecule has 2 aliphatic rings. The van der Waals surface area contributed by atoms with Gasteiger partial charge in [-0.3, -0.25) is 11.3 Å². The third kappa shape index (κ3) is 3.94. The molecule has 3 nitrogen and oxygen atoms in total. The van der Waals surface area contributed by atoms with E-state index in [1.54, 1.807) is 0 Å². The average Bonchev–Trinajstić information content (AvgIpc) is 2.96. The van der Waals surface area contributed by atoms with Gasteiger partial charge in [-0.2, -0.15) is 0 Å². The molecule has 0 bridgehead atoms. The van der Waals surface area contributed by atoms with Gasteiger partial charge in [0, 0.05) is 12.6 Å². The van der Waals surface area contributed by atoms with Crippen LogP contribution in [0.1, 0.15) is 58.3 Å². The van der Waals surface area contributed by atoms with Crippen molar-refractivity contribution in [2.75, 3.05) is 6.61 Å². The van der Waals surface area contributed by atoms with Crippen LogP contribution in [-0.2, 0) is 4.74 Å². The smallest absolute Gasteiger partial charge is 0.0576 e. The molecule has 2 rings (SSSR count). The van der Waals surface area contributed by atoms with Gasteiger partial charge in [-0.05, 0) is 56.8 Å². The predicted octanol–water partition coefficient (Wildman–Crippen LogP) is 2.60. The van der Waals surface area contributed by atoms with Crippen LogP contribution in [0.25, 0.3) is 0 Å². The standard InChI is InChI=1S/C14H28N2O/c1-11-7-8-12(10-11)14(16-15)6-2-4-13-5-3-9-17-13/h11-14,16H,2-10,15H2,1H3. The van der Waals surface area contributed by atoms with E-state index in [-0.39, 0.29) is 0 Å². The summed E-state index contributed by atoms with van der Waals surface area (Å²) in [5, 5.41) is 0. The summed E-state index contributed by atoms with van der Waals surface area (Å²) >= 11 is 0. The van der Waals surface area contributed by atoms with Gasteiger partial charge in [0.15, 0.2) is 0 Å². The van der Waals surface area contributed by atoms with Crippen LogP contribution in [0.3, 0.4) is 0 Å². The van der Waals surface area contributed by atoms with Crippen molar-refractivity contribution >= 4 is 0 Å². The number of nitrogens with one attached hydrogen (secondary N) is 1. The maximum Gasteiger partial charge on any atom is 0.0576 e. The number of hydrogen-bond acceptors (Lipinski definition) is 3. The lowest BCUT2D eigenvalue weighted by atomic mass is 9.92. The average molecular weight is 240 g/mol. The minimum Gasteiger partial charge on any atom is -0.378 e. The minimum atomic E-state index is 0.529. The van der Waals surface area contributed by atoms with Crippen LogP contribution >= 0.6 is 0 Å². The van der Waals surface area contributed by atoms with Crippen LogP contribution in [0.5, 0.6) is 0 Å². The highest BCUT2D eigenvalue weighted by Gasteiger charge is 2.28. The molecule has 3 heteroatoms. The quantitative estimate of drug-likeness (QED) is 0.554. The highest BCUT2D eigenvalue weighted by Crippen LogP contribution is 2.34. The summed E-state index contributed by atoms with van der Waals surface area (Å²) in [6.45, 7) is 3.34. The van der Waals surface area contributed by atoms with Crippen LogP contribution in [0.2, 0.25) is 0 Å². The molecule has 4 unspecified atom stereocenters. The van der Waals surface area contributed by atoms with Crippen LogP contribution < -0.4 is 11.3 Å². The largest absolute Gasteiger partial charge is 0.378 e. The summed E-state index contributed by atoms with van der Waals surface area (Å²) in [7, 11) is 0. The number of ether oxygens (including phenoxy) is 1. The molecule has 1 aliphatic carbocycles. The summed E-state index contributed by atoms with van der Waals surface area (Å²) in [5.41, 5.74) is 3.05. The Morgan fingerprint density at radius 2 is 2.24 bits per heavy atom. The molecule has 0 aromatic rings. The summed E-state index contributed by atoms with van der Waals surface area (Å²) in [6, 6.07) is 0.529. The Morgan fingerprint density at radius 1 is 1.35 bits per heavy atom. The van der Waals surface area contributed by atoms with Crippen molar-refractivity contribution < 1.29 is 4.74 Å². The maximum absolute atomic E-state index is 5.71. The number of hydrogen-bond donors (Lipinski definition) is 2. The fraction of sp³-hybridized carbons (Fsp3) is 1.00. The first-order valence-corrected chi connectivity index (χ1v) is 7.37. The SMILES string of the molecule is CC1CCC(C(CCCC2CCCO2)NN)C1. The Hall–Kier alpha value is -0.120. The lowest BCUT2D eigenvalue weighted by Gasteiger charge is -2.23. The Kier molecular flexibility index (Phi) is 5.26. The van der Waals surface area contributed by atoms with Gasteiger partial charge in [0.2, 0.25) is 0 Å². The molecule has 1 saturated heterocycles. The molecule has 17 heavy (non-hydrogen) atoms. The lowest BCUT2D eigenvalue weighted by Crippen LogP contribution is -2.40. The summed E-state index contributed by atoms with van der Waals surface area (Å²) in [6.07, 6.45) is 10.8.